The number of nitrogens with two attached hydrogens (primary N) is 1. The SMILES string of the molecule is NC(=O)CC(NC(=O)NCCC1CCOC1)C(=O)O. The number of hydrogen-bond donors (Lipinski definition) is 4. The van der Waals surface area contributed by atoms with Crippen LogP contribution in [0.15, 0.2) is 0 Å². The van der Waals surface area contributed by atoms with E-state index < -0.39 is 30.4 Å². The zero-order chi connectivity index (χ0) is 14.3. The third-order valence-electron chi connectivity index (χ3n) is 2.87. The second kappa shape index (κ2) is 7.57. The van der Waals surface area contributed by atoms with Crippen LogP contribution in [0.5, 0.6) is 0 Å². The van der Waals surface area contributed by atoms with Crippen LogP contribution in [0.1, 0.15) is 19.3 Å². The summed E-state index contributed by atoms with van der Waals surface area (Å²) >= 11 is 0. The third-order valence-corrected chi connectivity index (χ3v) is 2.87. The molecule has 19 heavy (non-hydrogen) atoms. The van der Waals surface area contributed by atoms with Crippen molar-refractivity contribution in [2.24, 2.45) is 11.7 Å². The van der Waals surface area contributed by atoms with Crippen LogP contribution in [0, 0.1) is 5.92 Å². The lowest BCUT2D eigenvalue weighted by molar-refractivity contribution is -0.140. The molecule has 0 spiro atoms. The first kappa shape index (κ1) is 15.2. The smallest absolute Gasteiger partial charge is 0.326 e. The van der Waals surface area contributed by atoms with Gasteiger partial charge in [0.25, 0.3) is 0 Å². The number of hydrogen-bond acceptors (Lipinski definition) is 4. The van der Waals surface area contributed by atoms with Crippen molar-refractivity contribution in [3.05, 3.63) is 0 Å². The Bertz CT molecular complexity index is 341. The monoisotopic (exact) mass is 273 g/mol. The van der Waals surface area contributed by atoms with E-state index in [-0.39, 0.29) is 0 Å². The molecule has 1 aliphatic rings. The number of rotatable bonds is 7. The minimum absolute atomic E-state index is 0.431. The largest absolute Gasteiger partial charge is 0.480 e. The Hall–Kier alpha value is -1.83. The van der Waals surface area contributed by atoms with Crippen LogP contribution in [0.4, 0.5) is 4.79 Å². The molecule has 0 bridgehead atoms. The van der Waals surface area contributed by atoms with E-state index in [1.807, 2.05) is 0 Å². The molecule has 0 aromatic carbocycles. The molecule has 0 aromatic rings. The fourth-order valence-corrected chi connectivity index (χ4v) is 1.81. The highest BCUT2D eigenvalue weighted by Crippen LogP contribution is 2.14. The van der Waals surface area contributed by atoms with Crippen molar-refractivity contribution in [1.82, 2.24) is 10.6 Å². The first-order chi connectivity index (χ1) is 8.99. The van der Waals surface area contributed by atoms with Gasteiger partial charge in [-0.3, -0.25) is 4.79 Å². The van der Waals surface area contributed by atoms with Crippen LogP contribution in [-0.2, 0) is 14.3 Å². The molecule has 108 valence electrons. The van der Waals surface area contributed by atoms with Gasteiger partial charge in [0.2, 0.25) is 5.91 Å². The average Bonchev–Trinajstić information content (AvgIpc) is 2.80. The standard InChI is InChI=1S/C11H19N3O5/c12-9(15)5-8(10(16)17)14-11(18)13-3-1-7-2-4-19-6-7/h7-8H,1-6H2,(H2,12,15)(H,16,17)(H2,13,14,18). The molecule has 0 saturated carbocycles. The molecule has 0 radical (unpaired) electrons. The molecule has 2 atom stereocenters. The van der Waals surface area contributed by atoms with Gasteiger partial charge in [0.1, 0.15) is 6.04 Å². The maximum absolute atomic E-state index is 11.4. The maximum Gasteiger partial charge on any atom is 0.326 e. The van der Waals surface area contributed by atoms with Crippen LogP contribution in [-0.4, -0.2) is 48.8 Å². The molecule has 3 amide bonds. The topological polar surface area (TPSA) is 131 Å². The van der Waals surface area contributed by atoms with E-state index >= 15 is 0 Å². The summed E-state index contributed by atoms with van der Waals surface area (Å²) in [5, 5.41) is 13.5. The Balaban J connectivity index is 2.23. The second-order valence-corrected chi connectivity index (χ2v) is 4.48. The summed E-state index contributed by atoms with van der Waals surface area (Å²) in [6.45, 7) is 1.88. The Kier molecular flexibility index (Phi) is 6.07. The van der Waals surface area contributed by atoms with Crippen molar-refractivity contribution in [3.8, 4) is 0 Å². The predicted molar refractivity (Wildman–Crippen MR) is 65.3 cm³/mol. The molecular weight excluding hydrogens is 254 g/mol. The lowest BCUT2D eigenvalue weighted by Gasteiger charge is -2.14. The number of carboxylic acid groups (broad SMARTS) is 1. The Morgan fingerprint density at radius 2 is 2.16 bits per heavy atom. The highest BCUT2D eigenvalue weighted by molar-refractivity contribution is 5.87. The van der Waals surface area contributed by atoms with E-state index in [4.69, 9.17) is 15.6 Å². The van der Waals surface area contributed by atoms with Gasteiger partial charge in [-0.2, -0.15) is 0 Å². The summed E-state index contributed by atoms with van der Waals surface area (Å²) < 4.78 is 5.20. The number of nitrogens with one attached hydrogen (secondary N) is 2. The fraction of sp³-hybridized carbons (Fsp3) is 0.727. The van der Waals surface area contributed by atoms with Gasteiger partial charge in [0.15, 0.2) is 0 Å². The highest BCUT2D eigenvalue weighted by atomic mass is 16.5. The average molecular weight is 273 g/mol. The maximum atomic E-state index is 11.4. The number of carboxylic acids is 1. The molecule has 1 saturated heterocycles. The molecule has 8 nitrogen and oxygen atoms in total. The first-order valence-corrected chi connectivity index (χ1v) is 6.12. The van der Waals surface area contributed by atoms with Gasteiger partial charge in [-0.1, -0.05) is 0 Å². The number of aliphatic carboxylic acids is 1. The van der Waals surface area contributed by atoms with E-state index in [0.29, 0.717) is 19.1 Å². The zero-order valence-electron chi connectivity index (χ0n) is 10.6. The Labute approximate surface area is 110 Å². The predicted octanol–water partition coefficient (Wildman–Crippen LogP) is -0.959. The van der Waals surface area contributed by atoms with Gasteiger partial charge in [-0.05, 0) is 18.8 Å². The van der Waals surface area contributed by atoms with E-state index in [9.17, 15) is 14.4 Å². The fourth-order valence-electron chi connectivity index (χ4n) is 1.81. The van der Waals surface area contributed by atoms with Crippen molar-refractivity contribution in [2.45, 2.75) is 25.3 Å². The molecule has 8 heteroatoms. The number of primary amides is 1. The number of carbonyl (C=O) groups excluding carboxylic acids is 2. The van der Waals surface area contributed by atoms with Crippen LogP contribution in [0.25, 0.3) is 0 Å². The zero-order valence-corrected chi connectivity index (χ0v) is 10.6. The molecule has 0 aliphatic carbocycles. The molecule has 1 heterocycles. The summed E-state index contributed by atoms with van der Waals surface area (Å²) in [7, 11) is 0. The lowest BCUT2D eigenvalue weighted by Crippen LogP contribution is -2.48. The van der Waals surface area contributed by atoms with E-state index in [1.54, 1.807) is 0 Å². The van der Waals surface area contributed by atoms with Crippen molar-refractivity contribution >= 4 is 17.9 Å². The normalized spacial score (nSPS) is 19.7. The van der Waals surface area contributed by atoms with Gasteiger partial charge in [0, 0.05) is 19.8 Å². The lowest BCUT2D eigenvalue weighted by atomic mass is 10.1. The number of carbonyl (C=O) groups is 3. The molecule has 1 fully saturated rings. The van der Waals surface area contributed by atoms with Crippen molar-refractivity contribution in [2.75, 3.05) is 19.8 Å². The molecule has 5 N–H and O–H groups in total. The highest BCUT2D eigenvalue weighted by Gasteiger charge is 2.22. The van der Waals surface area contributed by atoms with Gasteiger partial charge in [0.05, 0.1) is 6.42 Å². The van der Waals surface area contributed by atoms with E-state index in [0.717, 1.165) is 19.4 Å². The number of urea groups is 1. The molecular formula is C11H19N3O5. The minimum atomic E-state index is -1.30. The van der Waals surface area contributed by atoms with Crippen LogP contribution < -0.4 is 16.4 Å². The van der Waals surface area contributed by atoms with Crippen molar-refractivity contribution in [3.63, 3.8) is 0 Å². The molecule has 0 aromatic heterocycles. The summed E-state index contributed by atoms with van der Waals surface area (Å²) in [4.78, 5) is 32.9. The minimum Gasteiger partial charge on any atom is -0.480 e. The Morgan fingerprint density at radius 3 is 2.68 bits per heavy atom. The summed E-state index contributed by atoms with van der Waals surface area (Å²) in [5.74, 6) is -1.64. The second-order valence-electron chi connectivity index (χ2n) is 4.48. The quantitative estimate of drug-likeness (QED) is 0.474. The van der Waals surface area contributed by atoms with Crippen molar-refractivity contribution in [1.29, 1.82) is 0 Å². The molecule has 1 aliphatic heterocycles. The van der Waals surface area contributed by atoms with Gasteiger partial charge < -0.3 is 26.2 Å². The molecule has 1 rings (SSSR count). The third kappa shape index (κ3) is 6.05. The van der Waals surface area contributed by atoms with Crippen LogP contribution in [0.2, 0.25) is 0 Å². The number of ether oxygens (including phenoxy) is 1. The van der Waals surface area contributed by atoms with E-state index in [2.05, 4.69) is 10.6 Å². The van der Waals surface area contributed by atoms with Gasteiger partial charge in [-0.25, -0.2) is 9.59 Å². The Morgan fingerprint density at radius 1 is 1.42 bits per heavy atom. The van der Waals surface area contributed by atoms with Gasteiger partial charge in [-0.15, -0.1) is 0 Å². The van der Waals surface area contributed by atoms with Gasteiger partial charge >= 0.3 is 12.0 Å². The van der Waals surface area contributed by atoms with E-state index in [1.165, 1.54) is 0 Å². The van der Waals surface area contributed by atoms with Crippen LogP contribution >= 0.6 is 0 Å². The van der Waals surface area contributed by atoms with Crippen LogP contribution in [0.3, 0.4) is 0 Å². The molecule has 2 unspecified atom stereocenters. The summed E-state index contributed by atoms with van der Waals surface area (Å²) in [6.07, 6.45) is 1.32. The number of amides is 3. The summed E-state index contributed by atoms with van der Waals surface area (Å²) in [6, 6.07) is -1.92. The first-order valence-electron chi connectivity index (χ1n) is 6.12. The van der Waals surface area contributed by atoms with Crippen molar-refractivity contribution < 1.29 is 24.2 Å². The summed E-state index contributed by atoms with van der Waals surface area (Å²) in [5.41, 5.74) is 4.90.